The van der Waals surface area contributed by atoms with Crippen LogP contribution >= 0.6 is 0 Å². The minimum atomic E-state index is -0.410. The molecule has 1 atom stereocenters. The molecule has 0 bridgehead atoms. The molecule has 2 aliphatic heterocycles. The van der Waals surface area contributed by atoms with Crippen LogP contribution in [0.2, 0.25) is 0 Å². The predicted octanol–water partition coefficient (Wildman–Crippen LogP) is 12.8. The molecule has 8 aromatic rings. The van der Waals surface area contributed by atoms with Crippen LogP contribution in [0.3, 0.4) is 0 Å². The lowest BCUT2D eigenvalue weighted by molar-refractivity contribution is 0.659. The van der Waals surface area contributed by atoms with Crippen molar-refractivity contribution in [3.05, 3.63) is 198 Å². The smallest absolute Gasteiger partial charge is 0.201 e. The average Bonchev–Trinajstić information content (AvgIpc) is 3.37. The van der Waals surface area contributed by atoms with Crippen LogP contribution in [0, 0.1) is 0 Å². The van der Waals surface area contributed by atoms with Gasteiger partial charge in [0.05, 0.1) is 17.1 Å². The maximum Gasteiger partial charge on any atom is 0.201 e. The molecule has 3 aliphatic rings. The lowest BCUT2D eigenvalue weighted by Crippen LogP contribution is -2.40. The van der Waals surface area contributed by atoms with Crippen molar-refractivity contribution in [2.24, 2.45) is 4.99 Å². The summed E-state index contributed by atoms with van der Waals surface area (Å²) in [6, 6.07) is 64.2. The fourth-order valence-electron chi connectivity index (χ4n) is 9.22. The Balaban J connectivity index is 1.12. The molecule has 8 aromatic carbocycles. The first-order valence-corrected chi connectivity index (χ1v) is 18.8. The Morgan fingerprint density at radius 2 is 1.07 bits per heavy atom. The summed E-state index contributed by atoms with van der Waals surface area (Å²) >= 11 is 0. The molecule has 0 fully saturated rings. The number of aliphatic imine (C=N–C) groups is 1. The quantitative estimate of drug-likeness (QED) is 0.200. The molecule has 0 saturated heterocycles. The molecule has 0 aromatic heterocycles. The van der Waals surface area contributed by atoms with Crippen LogP contribution < -0.4 is 10.2 Å². The van der Waals surface area contributed by atoms with Gasteiger partial charge in [-0.25, -0.2) is 4.99 Å². The summed E-state index contributed by atoms with van der Waals surface area (Å²) in [6.45, 7) is 4.72. The second kappa shape index (κ2) is 11.6. The Hall–Kier alpha value is -6.71. The van der Waals surface area contributed by atoms with E-state index in [1.54, 1.807) is 0 Å². The number of anilines is 3. The van der Waals surface area contributed by atoms with Gasteiger partial charge in [0.2, 0.25) is 6.29 Å². The van der Waals surface area contributed by atoms with Crippen molar-refractivity contribution in [1.82, 2.24) is 0 Å². The maximum atomic E-state index is 5.67. The fraction of sp³-hybridized carbons (Fsp3) is 0.0784. The highest BCUT2D eigenvalue weighted by Gasteiger charge is 2.39. The van der Waals surface area contributed by atoms with Crippen LogP contribution in [0.15, 0.2) is 181 Å². The lowest BCUT2D eigenvalue weighted by atomic mass is 9.81. The first kappa shape index (κ1) is 30.9. The summed E-state index contributed by atoms with van der Waals surface area (Å²) in [6.07, 6.45) is -0.410. The summed E-state index contributed by atoms with van der Waals surface area (Å²) in [5.41, 5.74) is 19.0. The van der Waals surface area contributed by atoms with Crippen molar-refractivity contribution in [2.45, 2.75) is 25.6 Å². The van der Waals surface area contributed by atoms with Gasteiger partial charge in [0.15, 0.2) is 0 Å². The van der Waals surface area contributed by atoms with Crippen LogP contribution in [0.4, 0.5) is 17.1 Å². The van der Waals surface area contributed by atoms with Gasteiger partial charge in [0, 0.05) is 33.4 Å². The van der Waals surface area contributed by atoms with E-state index in [2.05, 4.69) is 200 Å². The second-order valence-corrected chi connectivity index (χ2v) is 15.2. The first-order chi connectivity index (χ1) is 26.5. The van der Waals surface area contributed by atoms with Gasteiger partial charge in [-0.1, -0.05) is 166 Å². The van der Waals surface area contributed by atoms with Gasteiger partial charge < -0.3 is 10.2 Å². The van der Waals surface area contributed by atoms with E-state index in [0.717, 1.165) is 33.9 Å². The zero-order chi connectivity index (χ0) is 36.0. The van der Waals surface area contributed by atoms with Crippen molar-refractivity contribution in [3.63, 3.8) is 0 Å². The van der Waals surface area contributed by atoms with Crippen LogP contribution in [-0.4, -0.2) is 12.0 Å². The first-order valence-electron chi connectivity index (χ1n) is 18.8. The molecular weight excluding hydrogens is 655 g/mol. The molecular formula is C51H37N3. The zero-order valence-corrected chi connectivity index (χ0v) is 30.2. The van der Waals surface area contributed by atoms with Crippen molar-refractivity contribution in [1.29, 1.82) is 0 Å². The summed E-state index contributed by atoms with van der Waals surface area (Å²) in [7, 11) is 0. The fourth-order valence-corrected chi connectivity index (χ4v) is 9.22. The van der Waals surface area contributed by atoms with Crippen molar-refractivity contribution >= 4 is 33.5 Å². The molecule has 0 saturated carbocycles. The van der Waals surface area contributed by atoms with E-state index in [4.69, 9.17) is 4.99 Å². The van der Waals surface area contributed by atoms with E-state index in [1.807, 2.05) is 0 Å². The highest BCUT2D eigenvalue weighted by atomic mass is 15.4. The average molecular weight is 692 g/mol. The van der Waals surface area contributed by atoms with Crippen molar-refractivity contribution < 1.29 is 0 Å². The Morgan fingerprint density at radius 3 is 1.91 bits per heavy atom. The van der Waals surface area contributed by atoms with E-state index in [-0.39, 0.29) is 5.41 Å². The maximum absolute atomic E-state index is 5.67. The predicted molar refractivity (Wildman–Crippen MR) is 226 cm³/mol. The van der Waals surface area contributed by atoms with E-state index in [1.165, 1.54) is 66.4 Å². The second-order valence-electron chi connectivity index (χ2n) is 15.2. The molecule has 0 radical (unpaired) electrons. The SMILES string of the molecule is CC1(C)c2ccccc2-c2cc3c(cc21)N(C1N=C(c2ccc(-c4cccc5ccccc45)cc2)c2ccccc2N1)c1ccccc1-c1ccccc1-3. The van der Waals surface area contributed by atoms with Crippen LogP contribution in [-0.2, 0) is 5.41 Å². The number of para-hydroxylation sites is 2. The van der Waals surface area contributed by atoms with Gasteiger partial charge in [0.25, 0.3) is 0 Å². The van der Waals surface area contributed by atoms with E-state index in [9.17, 15) is 0 Å². The number of fused-ring (bicyclic) bond motifs is 10. The minimum Gasteiger partial charge on any atom is -0.346 e. The highest BCUT2D eigenvalue weighted by Crippen LogP contribution is 2.56. The summed E-state index contributed by atoms with van der Waals surface area (Å²) in [5.74, 6) is 0. The molecule has 0 amide bonds. The van der Waals surface area contributed by atoms with E-state index in [0.29, 0.717) is 0 Å². The molecule has 54 heavy (non-hydrogen) atoms. The molecule has 1 aliphatic carbocycles. The topological polar surface area (TPSA) is 27.6 Å². The largest absolute Gasteiger partial charge is 0.346 e. The Labute approximate surface area is 315 Å². The zero-order valence-electron chi connectivity index (χ0n) is 30.2. The Kier molecular flexibility index (Phi) is 6.66. The number of hydrogen-bond donors (Lipinski definition) is 1. The molecule has 1 unspecified atom stereocenters. The normalized spacial score (nSPS) is 15.8. The molecule has 11 rings (SSSR count). The third-order valence-electron chi connectivity index (χ3n) is 11.9. The Bertz CT molecular complexity index is 2840. The third-order valence-corrected chi connectivity index (χ3v) is 11.9. The molecule has 1 N–H and O–H groups in total. The number of rotatable bonds is 3. The highest BCUT2D eigenvalue weighted by molar-refractivity contribution is 6.17. The van der Waals surface area contributed by atoms with Crippen molar-refractivity contribution in [2.75, 3.05) is 10.2 Å². The number of nitrogens with zero attached hydrogens (tertiary/aromatic N) is 2. The molecule has 3 nitrogen and oxygen atoms in total. The van der Waals surface area contributed by atoms with Crippen LogP contribution in [0.1, 0.15) is 36.1 Å². The monoisotopic (exact) mass is 691 g/mol. The summed E-state index contributed by atoms with van der Waals surface area (Å²) in [5, 5.41) is 6.41. The third kappa shape index (κ3) is 4.51. The number of benzene rings is 8. The minimum absolute atomic E-state index is 0.148. The number of hydrogen-bond acceptors (Lipinski definition) is 3. The molecule has 3 heteroatoms. The van der Waals surface area contributed by atoms with Gasteiger partial charge in [0.1, 0.15) is 0 Å². The molecule has 256 valence electrons. The van der Waals surface area contributed by atoms with E-state index >= 15 is 0 Å². The summed E-state index contributed by atoms with van der Waals surface area (Å²) in [4.78, 5) is 8.12. The van der Waals surface area contributed by atoms with Gasteiger partial charge in [-0.3, -0.25) is 0 Å². The van der Waals surface area contributed by atoms with Crippen LogP contribution in [0.5, 0.6) is 0 Å². The van der Waals surface area contributed by atoms with Gasteiger partial charge in [-0.2, -0.15) is 0 Å². The number of nitrogens with one attached hydrogen (secondary N) is 1. The summed E-state index contributed by atoms with van der Waals surface area (Å²) < 4.78 is 0. The Morgan fingerprint density at radius 1 is 0.463 bits per heavy atom. The van der Waals surface area contributed by atoms with Gasteiger partial charge in [-0.15, -0.1) is 0 Å². The lowest BCUT2D eigenvalue weighted by Gasteiger charge is -2.37. The standard InChI is InChI=1S/C51H37N3/c1-51(2)44-23-10-7-19-39(44)42-30-43-38-18-6-5-17-37(38)40-20-9-12-25-47(40)54(48(43)31-45(42)51)50-52-46-24-11-8-21-41(46)49(53-50)34-28-26-33(27-29-34)36-22-13-15-32-14-3-4-16-35(32)36/h3-31,50,52H,1-2H3. The molecule has 0 spiro atoms. The van der Waals surface area contributed by atoms with Crippen LogP contribution in [0.25, 0.3) is 55.3 Å². The van der Waals surface area contributed by atoms with Gasteiger partial charge >= 0.3 is 0 Å². The van der Waals surface area contributed by atoms with E-state index < -0.39 is 6.29 Å². The van der Waals surface area contributed by atoms with Crippen molar-refractivity contribution in [3.8, 4) is 44.5 Å². The molecule has 2 heterocycles. The van der Waals surface area contributed by atoms with Gasteiger partial charge in [-0.05, 0) is 79.5 Å².